The molecule has 0 unspecified atom stereocenters. The Hall–Kier alpha value is -2.84. The fraction of sp³-hybridized carbons (Fsp3) is 0.389. The first kappa shape index (κ1) is 18.9. The zero-order chi connectivity index (χ0) is 19.3. The van der Waals surface area contributed by atoms with E-state index in [9.17, 15) is 18.0 Å². The van der Waals surface area contributed by atoms with Crippen molar-refractivity contribution in [2.75, 3.05) is 18.0 Å². The van der Waals surface area contributed by atoms with Crippen molar-refractivity contribution in [1.82, 2.24) is 15.3 Å². The lowest BCUT2D eigenvalue weighted by atomic mass is 10.1. The number of alkyl halides is 3. The predicted octanol–water partition coefficient (Wildman–Crippen LogP) is 3.30. The summed E-state index contributed by atoms with van der Waals surface area (Å²) in [4.78, 5) is 22.7. The fourth-order valence-electron chi connectivity index (χ4n) is 2.85. The molecule has 2 heterocycles. The topological polar surface area (TPSA) is 67.3 Å². The molecule has 1 amide bonds. The van der Waals surface area contributed by atoms with Crippen LogP contribution in [0.4, 0.5) is 19.0 Å². The molecule has 1 saturated heterocycles. The van der Waals surface area contributed by atoms with Crippen LogP contribution in [0.15, 0.2) is 36.7 Å². The number of carbonyl (C=O) groups excluding carboxylic acids is 1. The van der Waals surface area contributed by atoms with Gasteiger partial charge in [-0.25, -0.2) is 9.97 Å². The van der Waals surface area contributed by atoms with Crippen molar-refractivity contribution in [2.24, 2.45) is 0 Å². The van der Waals surface area contributed by atoms with Crippen LogP contribution >= 0.6 is 0 Å². The molecule has 27 heavy (non-hydrogen) atoms. The maximum atomic E-state index is 12.3. The quantitative estimate of drug-likeness (QED) is 0.862. The second-order valence-corrected chi connectivity index (χ2v) is 6.18. The molecule has 1 aliphatic heterocycles. The third-order valence-corrected chi connectivity index (χ3v) is 4.18. The Morgan fingerprint density at radius 3 is 2.48 bits per heavy atom. The number of amides is 1. The van der Waals surface area contributed by atoms with E-state index in [1.807, 2.05) is 0 Å². The molecule has 1 N–H and O–H groups in total. The SMILES string of the molecule is O=C(NCc1ccc(OC(F)(F)F)cc1)c1cc(N2CCCCC2)ncn1. The van der Waals surface area contributed by atoms with Gasteiger partial charge in [-0.3, -0.25) is 4.79 Å². The van der Waals surface area contributed by atoms with Crippen LogP contribution in [0, 0.1) is 0 Å². The zero-order valence-electron chi connectivity index (χ0n) is 14.5. The van der Waals surface area contributed by atoms with Gasteiger partial charge in [0, 0.05) is 25.7 Å². The summed E-state index contributed by atoms with van der Waals surface area (Å²) in [6.07, 6.45) is 0.0256. The second kappa shape index (κ2) is 8.24. The van der Waals surface area contributed by atoms with Crippen molar-refractivity contribution in [2.45, 2.75) is 32.2 Å². The van der Waals surface area contributed by atoms with E-state index in [-0.39, 0.29) is 23.9 Å². The van der Waals surface area contributed by atoms with Gasteiger partial charge in [0.15, 0.2) is 0 Å². The normalized spacial score (nSPS) is 14.7. The van der Waals surface area contributed by atoms with Crippen LogP contribution in [0.5, 0.6) is 5.75 Å². The first-order valence-electron chi connectivity index (χ1n) is 8.60. The molecule has 0 radical (unpaired) electrons. The van der Waals surface area contributed by atoms with Crippen LogP contribution in [0.1, 0.15) is 35.3 Å². The molecular weight excluding hydrogens is 361 g/mol. The third-order valence-electron chi connectivity index (χ3n) is 4.18. The number of hydrogen-bond donors (Lipinski definition) is 1. The van der Waals surface area contributed by atoms with E-state index in [0.717, 1.165) is 31.7 Å². The Labute approximate surface area is 154 Å². The summed E-state index contributed by atoms with van der Waals surface area (Å²) in [5.41, 5.74) is 0.894. The average Bonchev–Trinajstić information content (AvgIpc) is 2.67. The molecule has 0 spiro atoms. The van der Waals surface area contributed by atoms with E-state index >= 15 is 0 Å². The van der Waals surface area contributed by atoms with E-state index in [1.54, 1.807) is 6.07 Å². The number of hydrogen-bond acceptors (Lipinski definition) is 5. The molecule has 3 rings (SSSR count). The van der Waals surface area contributed by atoms with Crippen LogP contribution in [0.2, 0.25) is 0 Å². The number of rotatable bonds is 5. The van der Waals surface area contributed by atoms with Gasteiger partial charge in [-0.1, -0.05) is 12.1 Å². The van der Waals surface area contributed by atoms with Gasteiger partial charge in [-0.2, -0.15) is 0 Å². The summed E-state index contributed by atoms with van der Waals surface area (Å²) in [7, 11) is 0. The van der Waals surface area contributed by atoms with Gasteiger partial charge in [-0.15, -0.1) is 13.2 Å². The lowest BCUT2D eigenvalue weighted by Crippen LogP contribution is -2.31. The molecule has 0 aliphatic carbocycles. The van der Waals surface area contributed by atoms with Gasteiger partial charge in [0.25, 0.3) is 5.91 Å². The van der Waals surface area contributed by atoms with Crippen molar-refractivity contribution < 1.29 is 22.7 Å². The maximum absolute atomic E-state index is 12.3. The predicted molar refractivity (Wildman–Crippen MR) is 92.4 cm³/mol. The number of ether oxygens (including phenoxy) is 1. The van der Waals surface area contributed by atoms with Gasteiger partial charge in [-0.05, 0) is 37.0 Å². The Morgan fingerprint density at radius 1 is 1.11 bits per heavy atom. The maximum Gasteiger partial charge on any atom is 0.573 e. The highest BCUT2D eigenvalue weighted by atomic mass is 19.4. The molecule has 2 aromatic rings. The number of piperidine rings is 1. The molecule has 1 fully saturated rings. The molecule has 0 atom stereocenters. The zero-order valence-corrected chi connectivity index (χ0v) is 14.5. The molecule has 1 aliphatic rings. The largest absolute Gasteiger partial charge is 0.573 e. The standard InChI is InChI=1S/C18H19F3N4O2/c19-18(20,21)27-14-6-4-13(5-7-14)11-22-17(26)15-10-16(24-12-23-15)25-8-2-1-3-9-25/h4-7,10,12H,1-3,8-9,11H2,(H,22,26). The molecule has 1 aromatic carbocycles. The molecule has 144 valence electrons. The Morgan fingerprint density at radius 2 is 1.81 bits per heavy atom. The Balaban J connectivity index is 1.57. The molecule has 6 nitrogen and oxygen atoms in total. The monoisotopic (exact) mass is 380 g/mol. The summed E-state index contributed by atoms with van der Waals surface area (Å²) in [6.45, 7) is 1.98. The van der Waals surface area contributed by atoms with Crippen molar-refractivity contribution in [3.05, 3.63) is 47.9 Å². The lowest BCUT2D eigenvalue weighted by Gasteiger charge is -2.27. The number of aromatic nitrogens is 2. The number of halogens is 3. The number of benzene rings is 1. The third kappa shape index (κ3) is 5.57. The average molecular weight is 380 g/mol. The number of nitrogens with zero attached hydrogens (tertiary/aromatic N) is 3. The highest BCUT2D eigenvalue weighted by Gasteiger charge is 2.30. The Kier molecular flexibility index (Phi) is 5.78. The molecule has 1 aromatic heterocycles. The number of nitrogens with one attached hydrogen (secondary N) is 1. The minimum Gasteiger partial charge on any atom is -0.406 e. The van der Waals surface area contributed by atoms with Crippen LogP contribution in [-0.2, 0) is 6.54 Å². The summed E-state index contributed by atoms with van der Waals surface area (Å²) in [5, 5.41) is 2.70. The van der Waals surface area contributed by atoms with Crippen LogP contribution < -0.4 is 15.0 Å². The highest BCUT2D eigenvalue weighted by Crippen LogP contribution is 2.22. The fourth-order valence-corrected chi connectivity index (χ4v) is 2.85. The van der Waals surface area contributed by atoms with E-state index < -0.39 is 6.36 Å². The minimum atomic E-state index is -4.73. The number of carbonyl (C=O) groups is 1. The molecule has 0 saturated carbocycles. The summed E-state index contributed by atoms with van der Waals surface area (Å²) in [6, 6.07) is 6.98. The van der Waals surface area contributed by atoms with Gasteiger partial charge in [0.1, 0.15) is 23.6 Å². The van der Waals surface area contributed by atoms with Crippen LogP contribution in [-0.4, -0.2) is 35.3 Å². The van der Waals surface area contributed by atoms with Crippen molar-refractivity contribution in [3.8, 4) is 5.75 Å². The first-order valence-corrected chi connectivity index (χ1v) is 8.60. The van der Waals surface area contributed by atoms with E-state index in [4.69, 9.17) is 0 Å². The summed E-state index contributed by atoms with van der Waals surface area (Å²) < 4.78 is 40.3. The van der Waals surface area contributed by atoms with Gasteiger partial charge in [0.2, 0.25) is 0 Å². The van der Waals surface area contributed by atoms with Crippen molar-refractivity contribution in [1.29, 1.82) is 0 Å². The molecule has 9 heteroatoms. The van der Waals surface area contributed by atoms with Crippen molar-refractivity contribution in [3.63, 3.8) is 0 Å². The van der Waals surface area contributed by atoms with Crippen molar-refractivity contribution >= 4 is 11.7 Å². The van der Waals surface area contributed by atoms with Crippen LogP contribution in [0.25, 0.3) is 0 Å². The summed E-state index contributed by atoms with van der Waals surface area (Å²) >= 11 is 0. The van der Waals surface area contributed by atoms with E-state index in [2.05, 4.69) is 24.9 Å². The number of anilines is 1. The summed E-state index contributed by atoms with van der Waals surface area (Å²) in [5.74, 6) is 0.0503. The second-order valence-electron chi connectivity index (χ2n) is 6.18. The molecule has 0 bridgehead atoms. The van der Waals surface area contributed by atoms with E-state index in [1.165, 1.54) is 37.0 Å². The smallest absolute Gasteiger partial charge is 0.406 e. The lowest BCUT2D eigenvalue weighted by molar-refractivity contribution is -0.274. The van der Waals surface area contributed by atoms with Gasteiger partial charge >= 0.3 is 6.36 Å². The molecular formula is C18H19F3N4O2. The van der Waals surface area contributed by atoms with E-state index in [0.29, 0.717) is 5.56 Å². The minimum absolute atomic E-state index is 0.161. The van der Waals surface area contributed by atoms with Gasteiger partial charge < -0.3 is 15.0 Å². The highest BCUT2D eigenvalue weighted by molar-refractivity contribution is 5.92. The Bertz CT molecular complexity index is 775. The first-order chi connectivity index (χ1) is 12.9. The van der Waals surface area contributed by atoms with Gasteiger partial charge in [0.05, 0.1) is 0 Å². The van der Waals surface area contributed by atoms with Crippen LogP contribution in [0.3, 0.4) is 0 Å².